The lowest BCUT2D eigenvalue weighted by Gasteiger charge is -2.17. The van der Waals surface area contributed by atoms with Crippen LogP contribution < -0.4 is 0 Å². The van der Waals surface area contributed by atoms with Crippen LogP contribution in [-0.2, 0) is 11.2 Å². The fourth-order valence-corrected chi connectivity index (χ4v) is 2.96. The van der Waals surface area contributed by atoms with Gasteiger partial charge in [-0.2, -0.15) is 13.2 Å². The van der Waals surface area contributed by atoms with Gasteiger partial charge in [0.1, 0.15) is 11.5 Å². The molecule has 0 atom stereocenters. The summed E-state index contributed by atoms with van der Waals surface area (Å²) in [6.45, 7) is 0.288. The van der Waals surface area contributed by atoms with Crippen LogP contribution in [0.1, 0.15) is 17.7 Å². The van der Waals surface area contributed by atoms with E-state index in [1.165, 1.54) is 36.2 Å². The first-order chi connectivity index (χ1) is 14.3. The summed E-state index contributed by atoms with van der Waals surface area (Å²) in [5.74, 6) is -0.0424. The molecule has 0 aliphatic rings. The molecule has 30 heavy (non-hydrogen) atoms. The highest BCUT2D eigenvalue weighted by molar-refractivity contribution is 5.96. The number of rotatable bonds is 7. The topological polar surface area (TPSA) is 46.3 Å². The number of allylic oxidation sites excluding steroid dienone is 1. The van der Waals surface area contributed by atoms with Gasteiger partial charge >= 0.3 is 6.18 Å². The summed E-state index contributed by atoms with van der Waals surface area (Å²) in [6.07, 6.45) is -2.92. The molecule has 3 aromatic rings. The van der Waals surface area contributed by atoms with Gasteiger partial charge in [-0.25, -0.2) is 0 Å². The van der Waals surface area contributed by atoms with Crippen molar-refractivity contribution in [3.05, 3.63) is 84.1 Å². The summed E-state index contributed by atoms with van der Waals surface area (Å²) in [6, 6.07) is 18.7. The van der Waals surface area contributed by atoms with Crippen LogP contribution in [0.3, 0.4) is 0 Å². The molecule has 1 heterocycles. The van der Waals surface area contributed by atoms with Crippen molar-refractivity contribution in [3.63, 3.8) is 0 Å². The molecular weight excluding hydrogens is 393 g/mol. The first-order valence-electron chi connectivity index (χ1n) is 9.45. The summed E-state index contributed by atoms with van der Waals surface area (Å²) in [4.78, 5) is 13.6. The summed E-state index contributed by atoms with van der Waals surface area (Å²) >= 11 is 0. The Morgan fingerprint density at radius 2 is 1.70 bits per heavy atom. The van der Waals surface area contributed by atoms with Gasteiger partial charge in [0.05, 0.1) is 5.57 Å². The largest absolute Gasteiger partial charge is 0.417 e. The van der Waals surface area contributed by atoms with E-state index in [0.717, 1.165) is 11.3 Å². The fourth-order valence-electron chi connectivity index (χ4n) is 2.96. The van der Waals surface area contributed by atoms with Gasteiger partial charge in [-0.05, 0) is 12.0 Å². The molecular formula is C23H21F3N2O2. The predicted molar refractivity (Wildman–Crippen MR) is 108 cm³/mol. The maximum atomic E-state index is 13.4. The third-order valence-corrected chi connectivity index (χ3v) is 4.58. The zero-order valence-electron chi connectivity index (χ0n) is 16.4. The molecule has 3 rings (SSSR count). The SMILES string of the molecule is CN(CCCc1cc(-c2ccccc2)no1)C(=O)/C=C(/c1ccccc1)C(F)(F)F. The third-order valence-electron chi connectivity index (χ3n) is 4.58. The van der Waals surface area contributed by atoms with Gasteiger partial charge in [-0.1, -0.05) is 65.8 Å². The van der Waals surface area contributed by atoms with Crippen LogP contribution in [0.5, 0.6) is 0 Å². The van der Waals surface area contributed by atoms with Crippen molar-refractivity contribution in [2.45, 2.75) is 19.0 Å². The Hall–Kier alpha value is -3.35. The van der Waals surface area contributed by atoms with E-state index in [4.69, 9.17) is 4.52 Å². The molecule has 156 valence electrons. The van der Waals surface area contributed by atoms with Crippen LogP contribution in [0.15, 0.2) is 77.3 Å². The van der Waals surface area contributed by atoms with Crippen molar-refractivity contribution < 1.29 is 22.5 Å². The van der Waals surface area contributed by atoms with Crippen LogP contribution in [0.25, 0.3) is 16.8 Å². The van der Waals surface area contributed by atoms with E-state index >= 15 is 0 Å². The van der Waals surface area contributed by atoms with Crippen LogP contribution in [0, 0.1) is 0 Å². The quantitative estimate of drug-likeness (QED) is 0.488. The molecule has 1 amide bonds. The highest BCUT2D eigenvalue weighted by Crippen LogP contribution is 2.33. The van der Waals surface area contributed by atoms with Crippen molar-refractivity contribution in [3.8, 4) is 11.3 Å². The zero-order valence-corrected chi connectivity index (χ0v) is 16.4. The van der Waals surface area contributed by atoms with E-state index in [2.05, 4.69) is 5.16 Å². The number of amides is 1. The highest BCUT2D eigenvalue weighted by Gasteiger charge is 2.35. The van der Waals surface area contributed by atoms with E-state index in [1.54, 1.807) is 6.07 Å². The van der Waals surface area contributed by atoms with Gasteiger partial charge in [-0.3, -0.25) is 4.79 Å². The number of hydrogen-bond donors (Lipinski definition) is 0. The molecule has 0 radical (unpaired) electrons. The molecule has 7 heteroatoms. The number of hydrogen-bond acceptors (Lipinski definition) is 3. The Bertz CT molecular complexity index is 996. The highest BCUT2D eigenvalue weighted by atomic mass is 19.4. The normalized spacial score (nSPS) is 12.1. The van der Waals surface area contributed by atoms with Gasteiger partial charge < -0.3 is 9.42 Å². The number of aromatic nitrogens is 1. The number of nitrogens with zero attached hydrogens (tertiary/aromatic N) is 2. The Morgan fingerprint density at radius 3 is 2.33 bits per heavy atom. The van der Waals surface area contributed by atoms with E-state index in [-0.39, 0.29) is 12.1 Å². The Morgan fingerprint density at radius 1 is 1.07 bits per heavy atom. The Balaban J connectivity index is 1.59. The van der Waals surface area contributed by atoms with Crippen molar-refractivity contribution in [2.75, 3.05) is 13.6 Å². The molecule has 0 aliphatic carbocycles. The molecule has 2 aromatic carbocycles. The second-order valence-corrected chi connectivity index (χ2v) is 6.83. The Kier molecular flexibility index (Phi) is 6.72. The molecule has 0 aliphatic heterocycles. The fraction of sp³-hybridized carbons (Fsp3) is 0.217. The number of alkyl halides is 3. The summed E-state index contributed by atoms with van der Waals surface area (Å²) in [7, 11) is 1.48. The number of carbonyl (C=O) groups excluding carboxylic acids is 1. The van der Waals surface area contributed by atoms with Gasteiger partial charge in [-0.15, -0.1) is 0 Å². The van der Waals surface area contributed by atoms with E-state index < -0.39 is 17.7 Å². The van der Waals surface area contributed by atoms with Crippen molar-refractivity contribution in [2.24, 2.45) is 0 Å². The smallest absolute Gasteiger partial charge is 0.361 e. The zero-order chi connectivity index (χ0) is 21.6. The summed E-state index contributed by atoms with van der Waals surface area (Å²) in [5, 5.41) is 4.03. The first-order valence-corrected chi connectivity index (χ1v) is 9.45. The lowest BCUT2D eigenvalue weighted by Crippen LogP contribution is -2.27. The van der Waals surface area contributed by atoms with Crippen LogP contribution in [0.4, 0.5) is 13.2 Å². The number of halogens is 3. The summed E-state index contributed by atoms with van der Waals surface area (Å²) in [5.41, 5.74) is 0.658. The van der Waals surface area contributed by atoms with Crippen molar-refractivity contribution in [1.82, 2.24) is 10.1 Å². The minimum atomic E-state index is -4.62. The van der Waals surface area contributed by atoms with Gasteiger partial charge in [0, 0.05) is 37.7 Å². The van der Waals surface area contributed by atoms with Gasteiger partial charge in [0.25, 0.3) is 0 Å². The molecule has 0 saturated heterocycles. The predicted octanol–water partition coefficient (Wildman–Crippen LogP) is 5.38. The molecule has 4 nitrogen and oxygen atoms in total. The molecule has 1 aromatic heterocycles. The van der Waals surface area contributed by atoms with Crippen LogP contribution in [-0.4, -0.2) is 35.7 Å². The van der Waals surface area contributed by atoms with Crippen LogP contribution >= 0.6 is 0 Å². The maximum absolute atomic E-state index is 13.4. The minimum absolute atomic E-state index is 0.0400. The standard InChI is InChI=1S/C23H21F3N2O2/c1-28(22(29)16-20(23(24,25)26)17-9-4-2-5-10-17)14-8-13-19-15-21(27-30-19)18-11-6-3-7-12-18/h2-7,9-12,15-16H,8,13-14H2,1H3/b20-16-. The van der Waals surface area contributed by atoms with E-state index in [9.17, 15) is 18.0 Å². The van der Waals surface area contributed by atoms with Crippen LogP contribution in [0.2, 0.25) is 0 Å². The molecule has 0 saturated carbocycles. The number of likely N-dealkylation sites (N-methyl/N-ethyl adjacent to an activating group) is 1. The third kappa shape index (κ3) is 5.59. The van der Waals surface area contributed by atoms with Gasteiger partial charge in [0.2, 0.25) is 5.91 Å². The Labute approximate surface area is 172 Å². The number of benzene rings is 2. The van der Waals surface area contributed by atoms with Gasteiger partial charge in [0.15, 0.2) is 0 Å². The molecule has 0 N–H and O–H groups in total. The number of aryl methyl sites for hydroxylation is 1. The molecule has 0 spiro atoms. The number of carbonyl (C=O) groups is 1. The summed E-state index contributed by atoms with van der Waals surface area (Å²) < 4.78 is 45.5. The first kappa shape index (κ1) is 21.4. The maximum Gasteiger partial charge on any atom is 0.417 e. The van der Waals surface area contributed by atoms with E-state index in [0.29, 0.717) is 24.7 Å². The monoisotopic (exact) mass is 414 g/mol. The lowest BCUT2D eigenvalue weighted by molar-refractivity contribution is -0.125. The van der Waals surface area contributed by atoms with E-state index in [1.807, 2.05) is 36.4 Å². The molecule has 0 unspecified atom stereocenters. The average molecular weight is 414 g/mol. The second-order valence-electron chi connectivity index (χ2n) is 6.83. The van der Waals surface area contributed by atoms with Crippen molar-refractivity contribution >= 4 is 11.5 Å². The average Bonchev–Trinajstić information content (AvgIpc) is 3.21. The second kappa shape index (κ2) is 9.43. The minimum Gasteiger partial charge on any atom is -0.361 e. The van der Waals surface area contributed by atoms with Crippen molar-refractivity contribution in [1.29, 1.82) is 0 Å². The lowest BCUT2D eigenvalue weighted by atomic mass is 10.0. The molecule has 0 bridgehead atoms. The molecule has 0 fully saturated rings.